The lowest BCUT2D eigenvalue weighted by molar-refractivity contribution is -0.193. The van der Waals surface area contributed by atoms with E-state index in [1.54, 1.807) is 0 Å². The molecule has 4 heteroatoms. The first-order valence-electron chi connectivity index (χ1n) is 7.74. The zero-order valence-electron chi connectivity index (χ0n) is 14.3. The van der Waals surface area contributed by atoms with Crippen molar-refractivity contribution < 1.29 is 19.7 Å². The van der Waals surface area contributed by atoms with Crippen LogP contribution in [0.4, 0.5) is 0 Å². The van der Waals surface area contributed by atoms with Crippen molar-refractivity contribution in [2.24, 2.45) is 11.8 Å². The van der Waals surface area contributed by atoms with Crippen LogP contribution in [0.25, 0.3) is 0 Å². The first-order valence-corrected chi connectivity index (χ1v) is 7.74. The zero-order valence-corrected chi connectivity index (χ0v) is 14.3. The molecule has 0 fully saturated rings. The molecule has 0 saturated carbocycles. The van der Waals surface area contributed by atoms with E-state index in [2.05, 4.69) is 0 Å². The van der Waals surface area contributed by atoms with E-state index in [-0.39, 0.29) is 24.0 Å². The highest BCUT2D eigenvalue weighted by Crippen LogP contribution is 2.24. The van der Waals surface area contributed by atoms with Gasteiger partial charge in [0.1, 0.15) is 12.2 Å². The van der Waals surface area contributed by atoms with E-state index in [1.807, 2.05) is 55.4 Å². The number of hydrogen-bond donors (Lipinski definition) is 2. The van der Waals surface area contributed by atoms with Crippen molar-refractivity contribution in [2.45, 2.75) is 92.0 Å². The lowest BCUT2D eigenvalue weighted by Gasteiger charge is -2.38. The lowest BCUT2D eigenvalue weighted by atomic mass is 9.90. The third kappa shape index (κ3) is 6.53. The second-order valence-corrected chi connectivity index (χ2v) is 6.77. The predicted octanol–water partition coefficient (Wildman–Crippen LogP) is 2.61. The Bertz CT molecular complexity index is 225. The number of ether oxygens (including phenoxy) is 2. The Hall–Kier alpha value is -0.160. The molecule has 20 heavy (non-hydrogen) atoms. The molecule has 2 N–H and O–H groups in total. The van der Waals surface area contributed by atoms with E-state index in [4.69, 9.17) is 9.47 Å². The lowest BCUT2D eigenvalue weighted by Crippen LogP contribution is -2.52. The molecule has 0 amide bonds. The molecule has 0 aromatic heterocycles. The number of hydrogen-bond acceptors (Lipinski definition) is 4. The van der Waals surface area contributed by atoms with E-state index in [9.17, 15) is 10.2 Å². The third-order valence-corrected chi connectivity index (χ3v) is 3.22. The summed E-state index contributed by atoms with van der Waals surface area (Å²) < 4.78 is 11.7. The second kappa shape index (κ2) is 8.98. The summed E-state index contributed by atoms with van der Waals surface area (Å²) in [6, 6.07) is 0. The van der Waals surface area contributed by atoms with Crippen LogP contribution in [0.1, 0.15) is 55.4 Å². The standard InChI is InChI=1S/C16H34O4/c1-9(2)13(17)15(19-11(5)6)16(20-12(7)8)14(18)10(3)4/h9-18H,1-8H3. The number of rotatable bonds is 9. The van der Waals surface area contributed by atoms with Crippen molar-refractivity contribution in [2.75, 3.05) is 0 Å². The van der Waals surface area contributed by atoms with Crippen molar-refractivity contribution in [3.63, 3.8) is 0 Å². The van der Waals surface area contributed by atoms with Gasteiger partial charge in [-0.05, 0) is 39.5 Å². The van der Waals surface area contributed by atoms with Crippen LogP contribution in [0.3, 0.4) is 0 Å². The molecule has 122 valence electrons. The third-order valence-electron chi connectivity index (χ3n) is 3.22. The Morgan fingerprint density at radius 3 is 0.950 bits per heavy atom. The van der Waals surface area contributed by atoms with Gasteiger partial charge >= 0.3 is 0 Å². The molecule has 0 aromatic carbocycles. The molecule has 0 spiro atoms. The molecule has 4 unspecified atom stereocenters. The van der Waals surface area contributed by atoms with E-state index < -0.39 is 24.4 Å². The summed E-state index contributed by atoms with van der Waals surface area (Å²) >= 11 is 0. The van der Waals surface area contributed by atoms with Gasteiger partial charge in [-0.25, -0.2) is 0 Å². The maximum absolute atomic E-state index is 10.4. The molecule has 0 aromatic rings. The molecule has 0 aliphatic carbocycles. The average molecular weight is 290 g/mol. The van der Waals surface area contributed by atoms with Crippen LogP contribution >= 0.6 is 0 Å². The van der Waals surface area contributed by atoms with Crippen molar-refractivity contribution in [1.29, 1.82) is 0 Å². The minimum absolute atomic E-state index is 0.0361. The van der Waals surface area contributed by atoms with Gasteiger partial charge in [0.2, 0.25) is 0 Å². The van der Waals surface area contributed by atoms with Crippen LogP contribution in [0.15, 0.2) is 0 Å². The fourth-order valence-electron chi connectivity index (χ4n) is 2.09. The molecule has 0 aliphatic rings. The van der Waals surface area contributed by atoms with Crippen molar-refractivity contribution in [1.82, 2.24) is 0 Å². The summed E-state index contributed by atoms with van der Waals surface area (Å²) in [6.07, 6.45) is -2.48. The van der Waals surface area contributed by atoms with Gasteiger partial charge in [0.25, 0.3) is 0 Å². The Kier molecular flexibility index (Phi) is 8.91. The van der Waals surface area contributed by atoms with E-state index in [0.29, 0.717) is 0 Å². The van der Waals surface area contributed by atoms with Crippen LogP contribution in [-0.4, -0.2) is 46.8 Å². The quantitative estimate of drug-likeness (QED) is 0.685. The number of aliphatic hydroxyl groups excluding tert-OH is 2. The van der Waals surface area contributed by atoms with Gasteiger partial charge in [-0.3, -0.25) is 0 Å². The normalized spacial score (nSPS) is 18.9. The van der Waals surface area contributed by atoms with E-state index >= 15 is 0 Å². The Labute approximate surface area is 124 Å². The highest BCUT2D eigenvalue weighted by atomic mass is 16.6. The second-order valence-electron chi connectivity index (χ2n) is 6.77. The number of aliphatic hydroxyl groups is 2. The first-order chi connectivity index (χ1) is 9.07. The van der Waals surface area contributed by atoms with E-state index in [1.165, 1.54) is 0 Å². The fraction of sp³-hybridized carbons (Fsp3) is 1.00. The molecule has 4 nitrogen and oxygen atoms in total. The predicted molar refractivity (Wildman–Crippen MR) is 81.7 cm³/mol. The first kappa shape index (κ1) is 19.8. The highest BCUT2D eigenvalue weighted by Gasteiger charge is 2.38. The van der Waals surface area contributed by atoms with Gasteiger partial charge in [-0.15, -0.1) is 0 Å². The molecular weight excluding hydrogens is 256 g/mol. The van der Waals surface area contributed by atoms with Crippen LogP contribution in [0.5, 0.6) is 0 Å². The molecule has 0 aliphatic heterocycles. The fourth-order valence-corrected chi connectivity index (χ4v) is 2.09. The van der Waals surface area contributed by atoms with Crippen molar-refractivity contribution in [3.8, 4) is 0 Å². The zero-order chi connectivity index (χ0) is 16.0. The van der Waals surface area contributed by atoms with Crippen LogP contribution in [0, 0.1) is 11.8 Å². The van der Waals surface area contributed by atoms with Crippen LogP contribution in [0.2, 0.25) is 0 Å². The molecule has 4 atom stereocenters. The summed E-state index contributed by atoms with van der Waals surface area (Å²) in [6.45, 7) is 15.5. The largest absolute Gasteiger partial charge is 0.390 e. The summed E-state index contributed by atoms with van der Waals surface area (Å²) in [5.41, 5.74) is 0. The summed E-state index contributed by atoms with van der Waals surface area (Å²) in [5, 5.41) is 20.9. The van der Waals surface area contributed by atoms with Crippen LogP contribution < -0.4 is 0 Å². The summed E-state index contributed by atoms with van der Waals surface area (Å²) in [5.74, 6) is 0.0766. The van der Waals surface area contributed by atoms with Gasteiger partial charge < -0.3 is 19.7 Å². The summed E-state index contributed by atoms with van der Waals surface area (Å²) in [7, 11) is 0. The molecule has 0 heterocycles. The molecule has 0 bridgehead atoms. The van der Waals surface area contributed by atoms with Gasteiger partial charge in [0, 0.05) is 0 Å². The maximum Gasteiger partial charge on any atom is 0.113 e. The van der Waals surface area contributed by atoms with Gasteiger partial charge in [-0.1, -0.05) is 27.7 Å². The summed E-state index contributed by atoms with van der Waals surface area (Å²) in [4.78, 5) is 0. The Morgan fingerprint density at radius 2 is 0.800 bits per heavy atom. The van der Waals surface area contributed by atoms with Crippen molar-refractivity contribution in [3.05, 3.63) is 0 Å². The Morgan fingerprint density at radius 1 is 0.550 bits per heavy atom. The smallest absolute Gasteiger partial charge is 0.113 e. The van der Waals surface area contributed by atoms with Crippen LogP contribution in [-0.2, 0) is 9.47 Å². The maximum atomic E-state index is 10.4. The average Bonchev–Trinajstić information content (AvgIpc) is 2.30. The molecule has 0 rings (SSSR count). The van der Waals surface area contributed by atoms with Gasteiger partial charge in [0.15, 0.2) is 0 Å². The molecule has 0 radical (unpaired) electrons. The topological polar surface area (TPSA) is 58.9 Å². The SMILES string of the molecule is CC(C)OC(C(O)C(C)C)C(OC(C)C)C(O)C(C)C. The minimum atomic E-state index is -0.672. The van der Waals surface area contributed by atoms with Gasteiger partial charge in [-0.2, -0.15) is 0 Å². The molecule has 0 saturated heterocycles. The highest BCUT2D eigenvalue weighted by molar-refractivity contribution is 4.87. The molecular formula is C16H34O4. The Balaban J connectivity index is 5.26. The van der Waals surface area contributed by atoms with E-state index in [0.717, 1.165) is 0 Å². The minimum Gasteiger partial charge on any atom is -0.390 e. The van der Waals surface area contributed by atoms with Gasteiger partial charge in [0.05, 0.1) is 24.4 Å². The van der Waals surface area contributed by atoms with Crippen molar-refractivity contribution >= 4 is 0 Å². The monoisotopic (exact) mass is 290 g/mol.